The number of hydrogen-bond acceptors (Lipinski definition) is 7. The minimum atomic E-state index is -0.204. The molecule has 0 fully saturated rings. The van der Waals surface area contributed by atoms with Gasteiger partial charge in [-0.1, -0.05) is 18.5 Å². The van der Waals surface area contributed by atoms with Crippen molar-refractivity contribution in [1.29, 1.82) is 0 Å². The van der Waals surface area contributed by atoms with Crippen LogP contribution in [-0.4, -0.2) is 27.8 Å². The topological polar surface area (TPSA) is 99.4 Å². The molecule has 3 aromatic rings. The summed E-state index contributed by atoms with van der Waals surface area (Å²) in [6, 6.07) is 8.87. The third-order valence-corrected chi connectivity index (χ3v) is 4.08. The molecule has 1 amide bonds. The van der Waals surface area contributed by atoms with Crippen molar-refractivity contribution in [3.63, 3.8) is 0 Å². The molecule has 2 aromatic heterocycles. The molecular weight excluding hydrogens is 348 g/mol. The molecule has 8 nitrogen and oxygen atoms in total. The van der Waals surface area contributed by atoms with Gasteiger partial charge < -0.3 is 19.3 Å². The number of ether oxygens (including phenoxy) is 2. The zero-order chi connectivity index (χ0) is 18.6. The minimum Gasteiger partial charge on any atom is -0.454 e. The zero-order valence-corrected chi connectivity index (χ0v) is 14.8. The second-order valence-corrected chi connectivity index (χ2v) is 6.05. The van der Waals surface area contributed by atoms with Gasteiger partial charge in [0.2, 0.25) is 6.79 Å². The third kappa shape index (κ3) is 3.74. The molecule has 27 heavy (non-hydrogen) atoms. The quantitative estimate of drug-likeness (QED) is 0.716. The molecule has 8 heteroatoms. The Morgan fingerprint density at radius 2 is 2.07 bits per heavy atom. The second-order valence-electron chi connectivity index (χ2n) is 6.05. The molecule has 138 valence electrons. The Morgan fingerprint density at radius 1 is 1.19 bits per heavy atom. The van der Waals surface area contributed by atoms with Crippen LogP contribution in [0.2, 0.25) is 0 Å². The highest BCUT2D eigenvalue weighted by molar-refractivity contribution is 5.94. The lowest BCUT2D eigenvalue weighted by molar-refractivity contribution is 0.0949. The average Bonchev–Trinajstić information content (AvgIpc) is 3.35. The van der Waals surface area contributed by atoms with Crippen LogP contribution in [0.5, 0.6) is 11.5 Å². The molecule has 0 aliphatic carbocycles. The summed E-state index contributed by atoms with van der Waals surface area (Å²) in [5, 5.41) is 6.71. The molecule has 1 aliphatic rings. The Kier molecular flexibility index (Phi) is 4.69. The van der Waals surface area contributed by atoms with Gasteiger partial charge in [-0.05, 0) is 36.8 Å². The number of aromatic nitrogens is 3. The highest BCUT2D eigenvalue weighted by Gasteiger charge is 2.17. The van der Waals surface area contributed by atoms with E-state index >= 15 is 0 Å². The van der Waals surface area contributed by atoms with E-state index < -0.39 is 0 Å². The number of fused-ring (bicyclic) bond motifs is 1. The second kappa shape index (κ2) is 7.45. The van der Waals surface area contributed by atoms with Crippen molar-refractivity contribution in [2.75, 3.05) is 6.79 Å². The van der Waals surface area contributed by atoms with Crippen molar-refractivity contribution >= 4 is 5.91 Å². The van der Waals surface area contributed by atoms with E-state index in [0.29, 0.717) is 28.8 Å². The lowest BCUT2D eigenvalue weighted by atomic mass is 10.1. The molecule has 3 heterocycles. The van der Waals surface area contributed by atoms with Crippen molar-refractivity contribution in [1.82, 2.24) is 20.4 Å². The molecule has 1 aromatic carbocycles. The van der Waals surface area contributed by atoms with Gasteiger partial charge in [-0.25, -0.2) is 0 Å². The standard InChI is InChI=1S/C19H18N4O4/c1-2-3-14-8-12(6-7-20-14)18(24)21-10-17-22-19(27-23-17)13-4-5-15-16(9-13)26-11-25-15/h4-9H,2-3,10-11H2,1H3,(H,21,24). The Morgan fingerprint density at radius 3 is 2.96 bits per heavy atom. The van der Waals surface area contributed by atoms with Crippen molar-refractivity contribution in [3.05, 3.63) is 53.6 Å². The predicted molar refractivity (Wildman–Crippen MR) is 95.3 cm³/mol. The number of pyridine rings is 1. The maximum atomic E-state index is 12.3. The predicted octanol–water partition coefficient (Wildman–Crippen LogP) is 2.74. The summed E-state index contributed by atoms with van der Waals surface area (Å²) in [5.41, 5.74) is 2.19. The SMILES string of the molecule is CCCc1cc(C(=O)NCc2noc(-c3ccc4c(c3)OCO4)n2)ccn1. The summed E-state index contributed by atoms with van der Waals surface area (Å²) in [5.74, 6) is 1.86. The van der Waals surface area contributed by atoms with E-state index in [1.165, 1.54) is 0 Å². The van der Waals surface area contributed by atoms with Crippen LogP contribution in [0.1, 0.15) is 35.2 Å². The summed E-state index contributed by atoms with van der Waals surface area (Å²) in [6.45, 7) is 2.44. The van der Waals surface area contributed by atoms with Crippen LogP contribution in [0.4, 0.5) is 0 Å². The van der Waals surface area contributed by atoms with E-state index in [0.717, 1.165) is 24.1 Å². The summed E-state index contributed by atoms with van der Waals surface area (Å²) in [4.78, 5) is 20.9. The maximum Gasteiger partial charge on any atom is 0.258 e. The molecule has 1 aliphatic heterocycles. The van der Waals surface area contributed by atoms with E-state index in [9.17, 15) is 4.79 Å². The van der Waals surface area contributed by atoms with Gasteiger partial charge in [0.05, 0.1) is 6.54 Å². The molecule has 0 spiro atoms. The summed E-state index contributed by atoms with van der Waals surface area (Å²) < 4.78 is 15.9. The highest BCUT2D eigenvalue weighted by atomic mass is 16.7. The Balaban J connectivity index is 1.41. The van der Waals surface area contributed by atoms with Crippen LogP contribution >= 0.6 is 0 Å². The first kappa shape index (κ1) is 17.0. The first-order valence-corrected chi connectivity index (χ1v) is 8.68. The molecule has 4 rings (SSSR count). The lowest BCUT2D eigenvalue weighted by Gasteiger charge is -2.04. The van der Waals surface area contributed by atoms with Crippen LogP contribution < -0.4 is 14.8 Å². The monoisotopic (exact) mass is 366 g/mol. The number of carbonyl (C=O) groups is 1. The van der Waals surface area contributed by atoms with E-state index in [1.807, 2.05) is 6.07 Å². The van der Waals surface area contributed by atoms with E-state index in [2.05, 4.69) is 27.4 Å². The van der Waals surface area contributed by atoms with Crippen molar-refractivity contribution < 1.29 is 18.8 Å². The van der Waals surface area contributed by atoms with E-state index in [-0.39, 0.29) is 19.2 Å². The van der Waals surface area contributed by atoms with E-state index in [4.69, 9.17) is 14.0 Å². The maximum absolute atomic E-state index is 12.3. The summed E-state index contributed by atoms with van der Waals surface area (Å²) in [6.07, 6.45) is 3.46. The van der Waals surface area contributed by atoms with Gasteiger partial charge in [0.25, 0.3) is 11.8 Å². The largest absolute Gasteiger partial charge is 0.454 e. The Labute approximate surface area is 155 Å². The Hall–Kier alpha value is -3.42. The zero-order valence-electron chi connectivity index (χ0n) is 14.8. The van der Waals surface area contributed by atoms with Crippen molar-refractivity contribution in [2.45, 2.75) is 26.3 Å². The van der Waals surface area contributed by atoms with Gasteiger partial charge in [-0.15, -0.1) is 0 Å². The lowest BCUT2D eigenvalue weighted by Crippen LogP contribution is -2.23. The molecule has 0 atom stereocenters. The van der Waals surface area contributed by atoms with Gasteiger partial charge in [0.15, 0.2) is 17.3 Å². The summed E-state index contributed by atoms with van der Waals surface area (Å²) >= 11 is 0. The van der Waals surface area contributed by atoms with Gasteiger partial charge in [-0.3, -0.25) is 9.78 Å². The van der Waals surface area contributed by atoms with Gasteiger partial charge in [0.1, 0.15) is 0 Å². The van der Waals surface area contributed by atoms with Crippen LogP contribution in [0.15, 0.2) is 41.1 Å². The highest BCUT2D eigenvalue weighted by Crippen LogP contribution is 2.35. The molecule has 0 radical (unpaired) electrons. The van der Waals surface area contributed by atoms with Crippen LogP contribution in [0.25, 0.3) is 11.5 Å². The molecule has 0 saturated carbocycles. The number of aryl methyl sites for hydroxylation is 1. The molecule has 0 unspecified atom stereocenters. The van der Waals surface area contributed by atoms with Crippen LogP contribution in [-0.2, 0) is 13.0 Å². The first-order valence-electron chi connectivity index (χ1n) is 8.68. The molecular formula is C19H18N4O4. The van der Waals surface area contributed by atoms with Crippen LogP contribution in [0, 0.1) is 0 Å². The fraction of sp³-hybridized carbons (Fsp3) is 0.263. The minimum absolute atomic E-state index is 0.165. The van der Waals surface area contributed by atoms with Crippen LogP contribution in [0.3, 0.4) is 0 Å². The number of carbonyl (C=O) groups excluding carboxylic acids is 1. The Bertz CT molecular complexity index is 970. The smallest absolute Gasteiger partial charge is 0.258 e. The molecule has 0 saturated heterocycles. The fourth-order valence-electron chi connectivity index (χ4n) is 2.75. The fourth-order valence-corrected chi connectivity index (χ4v) is 2.75. The van der Waals surface area contributed by atoms with Gasteiger partial charge in [-0.2, -0.15) is 4.98 Å². The molecule has 1 N–H and O–H groups in total. The van der Waals surface area contributed by atoms with Crippen molar-refractivity contribution in [2.24, 2.45) is 0 Å². The molecule has 0 bridgehead atoms. The number of rotatable bonds is 6. The number of amides is 1. The van der Waals surface area contributed by atoms with E-state index in [1.54, 1.807) is 30.5 Å². The number of nitrogens with one attached hydrogen (secondary N) is 1. The normalized spacial score (nSPS) is 12.2. The van der Waals surface area contributed by atoms with Crippen molar-refractivity contribution in [3.8, 4) is 23.0 Å². The van der Waals surface area contributed by atoms with Gasteiger partial charge >= 0.3 is 0 Å². The van der Waals surface area contributed by atoms with Gasteiger partial charge in [0, 0.05) is 23.0 Å². The third-order valence-electron chi connectivity index (χ3n) is 4.08. The number of hydrogen-bond donors (Lipinski definition) is 1. The average molecular weight is 366 g/mol. The summed E-state index contributed by atoms with van der Waals surface area (Å²) in [7, 11) is 0. The first-order chi connectivity index (χ1) is 13.2. The number of nitrogens with zero attached hydrogens (tertiary/aromatic N) is 3. The number of benzene rings is 1.